The number of hydrogen-bond donors (Lipinski definition) is 0. The summed E-state index contributed by atoms with van der Waals surface area (Å²) in [6, 6.07) is 1.90. The number of hydrogen-bond acceptors (Lipinski definition) is 4. The van der Waals surface area contributed by atoms with Gasteiger partial charge in [0.2, 0.25) is 0 Å². The quantitative estimate of drug-likeness (QED) is 0.795. The maximum absolute atomic E-state index is 5.93. The second-order valence-electron chi connectivity index (χ2n) is 2.92. The Bertz CT molecular complexity index is 472. The van der Waals surface area contributed by atoms with Crippen LogP contribution in [0.4, 0.5) is 0 Å². The number of halogens is 2. The molecule has 0 spiro atoms. The fourth-order valence-electron chi connectivity index (χ4n) is 1.05. The molecule has 0 aliphatic heterocycles. The molecule has 1 unspecified atom stereocenters. The van der Waals surface area contributed by atoms with Crippen LogP contribution in [0.25, 0.3) is 10.6 Å². The van der Waals surface area contributed by atoms with E-state index in [0.717, 1.165) is 20.1 Å². The molecule has 0 saturated carbocycles. The van der Waals surface area contributed by atoms with Crippen molar-refractivity contribution in [1.82, 2.24) is 15.2 Å². The highest BCUT2D eigenvalue weighted by Gasteiger charge is 2.12. The Hall–Kier alpha value is -0.520. The molecule has 6 heteroatoms. The van der Waals surface area contributed by atoms with E-state index in [9.17, 15) is 0 Å². The minimum atomic E-state index is -0.100. The van der Waals surface area contributed by atoms with Gasteiger partial charge in [-0.3, -0.25) is 4.98 Å². The molecule has 0 bridgehead atoms. The monoisotopic (exact) mass is 303 g/mol. The van der Waals surface area contributed by atoms with Crippen LogP contribution in [0.15, 0.2) is 22.9 Å². The van der Waals surface area contributed by atoms with Gasteiger partial charge >= 0.3 is 0 Å². The highest BCUT2D eigenvalue weighted by atomic mass is 79.9. The number of aromatic nitrogens is 3. The standard InChI is InChI=1S/C9H7BrClN3S/c1-5(11)8-13-14-9(15-8)6-2-3-12-4-7(6)10/h2-5H,1H3. The fourth-order valence-corrected chi connectivity index (χ4v) is 2.61. The van der Waals surface area contributed by atoms with E-state index in [2.05, 4.69) is 31.1 Å². The second kappa shape index (κ2) is 4.55. The third-order valence-electron chi connectivity index (χ3n) is 1.78. The van der Waals surface area contributed by atoms with Gasteiger partial charge in [0.05, 0.1) is 5.38 Å². The molecular formula is C9H7BrClN3S. The number of rotatable bonds is 2. The first kappa shape index (κ1) is 11.0. The lowest BCUT2D eigenvalue weighted by molar-refractivity contribution is 0.962. The van der Waals surface area contributed by atoms with Crippen LogP contribution >= 0.6 is 38.9 Å². The molecule has 0 amide bonds. The third kappa shape index (κ3) is 2.35. The molecule has 3 nitrogen and oxygen atoms in total. The topological polar surface area (TPSA) is 38.7 Å². The Morgan fingerprint density at radius 3 is 2.87 bits per heavy atom. The summed E-state index contributed by atoms with van der Waals surface area (Å²) >= 11 is 10.8. The van der Waals surface area contributed by atoms with E-state index in [0.29, 0.717) is 0 Å². The van der Waals surface area contributed by atoms with Crippen LogP contribution in [0.3, 0.4) is 0 Å². The van der Waals surface area contributed by atoms with Crippen molar-refractivity contribution in [3.8, 4) is 10.6 Å². The molecule has 2 aromatic rings. The highest BCUT2D eigenvalue weighted by molar-refractivity contribution is 9.10. The molecule has 2 rings (SSSR count). The zero-order valence-corrected chi connectivity index (χ0v) is 11.0. The predicted octanol–water partition coefficient (Wildman–Crippen LogP) is 3.66. The van der Waals surface area contributed by atoms with E-state index in [1.165, 1.54) is 11.3 Å². The van der Waals surface area contributed by atoms with E-state index in [1.54, 1.807) is 12.4 Å². The fraction of sp³-hybridized carbons (Fsp3) is 0.222. The summed E-state index contributed by atoms with van der Waals surface area (Å²) < 4.78 is 0.912. The van der Waals surface area contributed by atoms with E-state index in [1.807, 2.05) is 13.0 Å². The van der Waals surface area contributed by atoms with Crippen LogP contribution in [-0.4, -0.2) is 15.2 Å². The second-order valence-corrected chi connectivity index (χ2v) is 5.44. The molecule has 0 saturated heterocycles. The Labute approximate surface area is 105 Å². The first-order chi connectivity index (χ1) is 7.18. The largest absolute Gasteiger partial charge is 0.264 e. The van der Waals surface area contributed by atoms with Gasteiger partial charge in [0.1, 0.15) is 10.0 Å². The van der Waals surface area contributed by atoms with Gasteiger partial charge in [-0.25, -0.2) is 0 Å². The summed E-state index contributed by atoms with van der Waals surface area (Å²) in [5, 5.41) is 9.71. The van der Waals surface area contributed by atoms with E-state index < -0.39 is 0 Å². The number of nitrogens with zero attached hydrogens (tertiary/aromatic N) is 3. The summed E-state index contributed by atoms with van der Waals surface area (Å²) in [6.07, 6.45) is 3.46. The van der Waals surface area contributed by atoms with E-state index >= 15 is 0 Å². The zero-order chi connectivity index (χ0) is 10.8. The van der Waals surface area contributed by atoms with Crippen molar-refractivity contribution in [2.24, 2.45) is 0 Å². The summed E-state index contributed by atoms with van der Waals surface area (Å²) in [5.74, 6) is 0. The van der Waals surface area contributed by atoms with Crippen LogP contribution in [0.2, 0.25) is 0 Å². The lowest BCUT2D eigenvalue weighted by Crippen LogP contribution is -1.81. The lowest BCUT2D eigenvalue weighted by atomic mass is 10.3. The van der Waals surface area contributed by atoms with Crippen molar-refractivity contribution in [3.63, 3.8) is 0 Å². The smallest absolute Gasteiger partial charge is 0.149 e. The molecule has 2 aromatic heterocycles. The van der Waals surface area contributed by atoms with Crippen LogP contribution in [0.5, 0.6) is 0 Å². The van der Waals surface area contributed by atoms with Crippen molar-refractivity contribution >= 4 is 38.9 Å². The molecule has 0 aliphatic rings. The molecule has 15 heavy (non-hydrogen) atoms. The zero-order valence-electron chi connectivity index (χ0n) is 7.82. The SMILES string of the molecule is CC(Cl)c1nnc(-c2ccncc2Br)s1. The molecule has 0 radical (unpaired) electrons. The van der Waals surface area contributed by atoms with Crippen molar-refractivity contribution in [2.75, 3.05) is 0 Å². The number of pyridine rings is 1. The maximum atomic E-state index is 5.93. The molecule has 0 fully saturated rings. The Kier molecular flexibility index (Phi) is 3.33. The minimum Gasteiger partial charge on any atom is -0.264 e. The normalized spacial score (nSPS) is 12.7. The summed E-state index contributed by atoms with van der Waals surface area (Å²) in [5.41, 5.74) is 0.992. The van der Waals surface area contributed by atoms with Crippen molar-refractivity contribution in [3.05, 3.63) is 27.9 Å². The van der Waals surface area contributed by atoms with Gasteiger partial charge < -0.3 is 0 Å². The van der Waals surface area contributed by atoms with E-state index in [4.69, 9.17) is 11.6 Å². The van der Waals surface area contributed by atoms with Crippen molar-refractivity contribution in [1.29, 1.82) is 0 Å². The van der Waals surface area contributed by atoms with Crippen molar-refractivity contribution < 1.29 is 0 Å². The molecule has 0 N–H and O–H groups in total. The lowest BCUT2D eigenvalue weighted by Gasteiger charge is -1.97. The predicted molar refractivity (Wildman–Crippen MR) is 65.1 cm³/mol. The van der Waals surface area contributed by atoms with Crippen LogP contribution < -0.4 is 0 Å². The van der Waals surface area contributed by atoms with Gasteiger partial charge in [-0.05, 0) is 28.9 Å². The molecule has 0 aromatic carbocycles. The highest BCUT2D eigenvalue weighted by Crippen LogP contribution is 2.32. The molecule has 1 atom stereocenters. The minimum absolute atomic E-state index is 0.100. The van der Waals surface area contributed by atoms with Crippen LogP contribution in [0.1, 0.15) is 17.3 Å². The van der Waals surface area contributed by atoms with Gasteiger partial charge in [-0.15, -0.1) is 21.8 Å². The first-order valence-corrected chi connectivity index (χ1v) is 6.30. The third-order valence-corrected chi connectivity index (χ3v) is 3.89. The summed E-state index contributed by atoms with van der Waals surface area (Å²) in [7, 11) is 0. The molecular weight excluding hydrogens is 298 g/mol. The first-order valence-electron chi connectivity index (χ1n) is 4.26. The van der Waals surface area contributed by atoms with Gasteiger partial charge in [0, 0.05) is 22.4 Å². The maximum Gasteiger partial charge on any atom is 0.149 e. The molecule has 78 valence electrons. The van der Waals surface area contributed by atoms with Gasteiger partial charge in [-0.1, -0.05) is 11.3 Å². The Balaban J connectivity index is 2.42. The summed E-state index contributed by atoms with van der Waals surface area (Å²) in [4.78, 5) is 4.00. The Morgan fingerprint density at radius 1 is 1.47 bits per heavy atom. The molecule has 0 aliphatic carbocycles. The average molecular weight is 305 g/mol. The van der Waals surface area contributed by atoms with Gasteiger partial charge in [-0.2, -0.15) is 0 Å². The van der Waals surface area contributed by atoms with Gasteiger partial charge in [0.15, 0.2) is 0 Å². The van der Waals surface area contributed by atoms with Crippen LogP contribution in [0, 0.1) is 0 Å². The van der Waals surface area contributed by atoms with E-state index in [-0.39, 0.29) is 5.38 Å². The Morgan fingerprint density at radius 2 is 2.27 bits per heavy atom. The number of alkyl halides is 1. The van der Waals surface area contributed by atoms with Crippen molar-refractivity contribution in [2.45, 2.75) is 12.3 Å². The van der Waals surface area contributed by atoms with Crippen LogP contribution in [-0.2, 0) is 0 Å². The summed E-state index contributed by atoms with van der Waals surface area (Å²) in [6.45, 7) is 1.88. The average Bonchev–Trinajstić information content (AvgIpc) is 2.67. The van der Waals surface area contributed by atoms with Gasteiger partial charge in [0.25, 0.3) is 0 Å². The molecule has 2 heterocycles.